The monoisotopic (exact) mass is 212 g/mol. The first-order chi connectivity index (χ1) is 7.70. The van der Waals surface area contributed by atoms with E-state index in [2.05, 4.69) is 11.1 Å². The van der Waals surface area contributed by atoms with E-state index in [-0.39, 0.29) is 11.7 Å². The summed E-state index contributed by atoms with van der Waals surface area (Å²) in [6.07, 6.45) is 7.78. The number of nitriles is 1. The summed E-state index contributed by atoms with van der Waals surface area (Å²) in [6, 6.07) is 3.98. The zero-order valence-corrected chi connectivity index (χ0v) is 9.01. The first-order valence-corrected chi connectivity index (χ1v) is 5.14. The molecule has 1 atom stereocenters. The van der Waals surface area contributed by atoms with Crippen LogP contribution in [0.2, 0.25) is 0 Å². The van der Waals surface area contributed by atoms with Crippen molar-refractivity contribution in [3.05, 3.63) is 53.1 Å². The number of aliphatic hydroxyl groups excluding tert-OH is 1. The Hall–Kier alpha value is -2.08. The van der Waals surface area contributed by atoms with Crippen LogP contribution >= 0.6 is 0 Å². The van der Waals surface area contributed by atoms with Gasteiger partial charge in [0.15, 0.2) is 0 Å². The minimum atomic E-state index is 0.138. The Morgan fingerprint density at radius 1 is 1.56 bits per heavy atom. The van der Waals surface area contributed by atoms with Crippen LogP contribution in [-0.4, -0.2) is 10.1 Å². The van der Waals surface area contributed by atoms with Crippen LogP contribution in [0.25, 0.3) is 0 Å². The van der Waals surface area contributed by atoms with Crippen LogP contribution in [0.1, 0.15) is 29.2 Å². The Morgan fingerprint density at radius 3 is 3.00 bits per heavy atom. The van der Waals surface area contributed by atoms with Crippen molar-refractivity contribution in [2.45, 2.75) is 19.3 Å². The molecule has 1 N–H and O–H groups in total. The molecular formula is C13H12N2O. The molecule has 3 nitrogen and oxygen atoms in total. The Bertz CT molecular complexity index is 509. The highest BCUT2D eigenvalue weighted by atomic mass is 16.3. The Morgan fingerprint density at radius 2 is 2.38 bits per heavy atom. The zero-order valence-electron chi connectivity index (χ0n) is 9.01. The molecule has 1 heterocycles. The van der Waals surface area contributed by atoms with Crippen LogP contribution in [0.5, 0.6) is 0 Å². The van der Waals surface area contributed by atoms with E-state index in [9.17, 15) is 5.11 Å². The van der Waals surface area contributed by atoms with Gasteiger partial charge in [0.2, 0.25) is 0 Å². The van der Waals surface area contributed by atoms with Crippen molar-refractivity contribution in [1.82, 2.24) is 4.98 Å². The fourth-order valence-electron chi connectivity index (χ4n) is 1.80. The van der Waals surface area contributed by atoms with Gasteiger partial charge in [0, 0.05) is 17.8 Å². The largest absolute Gasteiger partial charge is 0.508 e. The third-order valence-corrected chi connectivity index (χ3v) is 2.67. The minimum Gasteiger partial charge on any atom is -0.508 e. The Labute approximate surface area is 94.4 Å². The lowest BCUT2D eigenvalue weighted by molar-refractivity contribution is 0.425. The fourth-order valence-corrected chi connectivity index (χ4v) is 1.80. The minimum absolute atomic E-state index is 0.138. The fraction of sp³-hybridized carbons (Fsp3) is 0.231. The van der Waals surface area contributed by atoms with Gasteiger partial charge in [-0.2, -0.15) is 5.26 Å². The molecule has 0 amide bonds. The lowest BCUT2D eigenvalue weighted by Gasteiger charge is -2.15. The Balaban J connectivity index is 2.36. The smallest absolute Gasteiger partial charge is 0.111 e. The molecule has 1 aliphatic carbocycles. The second kappa shape index (κ2) is 4.19. The van der Waals surface area contributed by atoms with Gasteiger partial charge >= 0.3 is 0 Å². The molecule has 3 heteroatoms. The second-order valence-corrected chi connectivity index (χ2v) is 3.86. The maximum absolute atomic E-state index is 9.24. The SMILES string of the molecule is Cc1cc(C#N)c(C2C=CC(O)=CC2)cn1. The second-order valence-electron chi connectivity index (χ2n) is 3.86. The number of aromatic nitrogens is 1. The molecule has 0 aromatic carbocycles. The molecule has 1 aliphatic rings. The van der Waals surface area contributed by atoms with Crippen LogP contribution in [0.4, 0.5) is 0 Å². The topological polar surface area (TPSA) is 56.9 Å². The molecule has 0 fully saturated rings. The van der Waals surface area contributed by atoms with E-state index in [1.165, 1.54) is 0 Å². The summed E-state index contributed by atoms with van der Waals surface area (Å²) >= 11 is 0. The van der Waals surface area contributed by atoms with E-state index in [1.807, 2.05) is 13.0 Å². The molecule has 1 aromatic heterocycles. The van der Waals surface area contributed by atoms with Gasteiger partial charge in [-0.3, -0.25) is 4.98 Å². The van der Waals surface area contributed by atoms with Gasteiger partial charge in [-0.1, -0.05) is 6.08 Å². The van der Waals surface area contributed by atoms with Crippen LogP contribution in [0, 0.1) is 18.3 Å². The van der Waals surface area contributed by atoms with Crippen molar-refractivity contribution in [1.29, 1.82) is 5.26 Å². The number of nitrogens with zero attached hydrogens (tertiary/aromatic N) is 2. The van der Waals surface area contributed by atoms with E-state index >= 15 is 0 Å². The molecule has 0 aliphatic heterocycles. The lowest BCUT2D eigenvalue weighted by Crippen LogP contribution is -2.02. The van der Waals surface area contributed by atoms with Crippen LogP contribution in [-0.2, 0) is 0 Å². The third-order valence-electron chi connectivity index (χ3n) is 2.67. The van der Waals surface area contributed by atoms with Crippen LogP contribution < -0.4 is 0 Å². The normalized spacial score (nSPS) is 19.0. The molecule has 16 heavy (non-hydrogen) atoms. The van der Waals surface area contributed by atoms with E-state index < -0.39 is 0 Å². The maximum atomic E-state index is 9.24. The highest BCUT2D eigenvalue weighted by Crippen LogP contribution is 2.28. The number of hydrogen-bond acceptors (Lipinski definition) is 3. The summed E-state index contributed by atoms with van der Waals surface area (Å²) in [5, 5.41) is 18.3. The first kappa shape index (κ1) is 10.4. The van der Waals surface area contributed by atoms with E-state index in [1.54, 1.807) is 24.4 Å². The number of pyridine rings is 1. The standard InChI is InChI=1S/C13H12N2O/c1-9-6-11(7-14)13(8-15-9)10-2-4-12(16)5-3-10/h2,4-6,8,10,16H,3H2,1H3. The van der Waals surface area contributed by atoms with Crippen molar-refractivity contribution in [2.75, 3.05) is 0 Å². The predicted molar refractivity (Wildman–Crippen MR) is 60.9 cm³/mol. The number of rotatable bonds is 1. The van der Waals surface area contributed by atoms with Crippen molar-refractivity contribution in [3.63, 3.8) is 0 Å². The molecule has 0 bridgehead atoms. The number of hydrogen-bond donors (Lipinski definition) is 1. The van der Waals surface area contributed by atoms with Crippen molar-refractivity contribution in [2.24, 2.45) is 0 Å². The molecular weight excluding hydrogens is 200 g/mol. The average Bonchev–Trinajstić information content (AvgIpc) is 2.30. The van der Waals surface area contributed by atoms with Gasteiger partial charge in [-0.05, 0) is 37.1 Å². The van der Waals surface area contributed by atoms with Crippen molar-refractivity contribution in [3.8, 4) is 6.07 Å². The van der Waals surface area contributed by atoms with Gasteiger partial charge in [0.05, 0.1) is 11.6 Å². The highest BCUT2D eigenvalue weighted by Gasteiger charge is 2.15. The lowest BCUT2D eigenvalue weighted by atomic mass is 9.90. The maximum Gasteiger partial charge on any atom is 0.111 e. The van der Waals surface area contributed by atoms with E-state index in [0.29, 0.717) is 12.0 Å². The zero-order chi connectivity index (χ0) is 11.5. The average molecular weight is 212 g/mol. The molecule has 0 saturated heterocycles. The van der Waals surface area contributed by atoms with Gasteiger partial charge in [0.1, 0.15) is 5.76 Å². The summed E-state index contributed by atoms with van der Waals surface area (Å²) < 4.78 is 0. The predicted octanol–water partition coefficient (Wildman–Crippen LogP) is 2.75. The molecule has 1 aromatic rings. The van der Waals surface area contributed by atoms with Crippen molar-refractivity contribution < 1.29 is 5.11 Å². The first-order valence-electron chi connectivity index (χ1n) is 5.14. The quantitative estimate of drug-likeness (QED) is 0.778. The number of aliphatic hydroxyl groups is 1. The van der Waals surface area contributed by atoms with Crippen molar-refractivity contribution >= 4 is 0 Å². The molecule has 0 spiro atoms. The summed E-state index contributed by atoms with van der Waals surface area (Å²) in [5.41, 5.74) is 2.43. The highest BCUT2D eigenvalue weighted by molar-refractivity contribution is 5.42. The summed E-state index contributed by atoms with van der Waals surface area (Å²) in [7, 11) is 0. The van der Waals surface area contributed by atoms with Crippen LogP contribution in [0.3, 0.4) is 0 Å². The third kappa shape index (κ3) is 1.96. The Kier molecular flexibility index (Phi) is 2.74. The van der Waals surface area contributed by atoms with Crippen LogP contribution in [0.15, 0.2) is 36.3 Å². The van der Waals surface area contributed by atoms with E-state index in [4.69, 9.17) is 5.26 Å². The molecule has 0 saturated carbocycles. The van der Waals surface area contributed by atoms with Gasteiger partial charge in [-0.25, -0.2) is 0 Å². The summed E-state index contributed by atoms with van der Waals surface area (Å²) in [4.78, 5) is 4.21. The molecule has 80 valence electrons. The van der Waals surface area contributed by atoms with Gasteiger partial charge in [0.25, 0.3) is 0 Å². The van der Waals surface area contributed by atoms with Gasteiger partial charge < -0.3 is 5.11 Å². The van der Waals surface area contributed by atoms with E-state index in [0.717, 1.165) is 11.3 Å². The number of allylic oxidation sites excluding steroid dienone is 3. The summed E-state index contributed by atoms with van der Waals surface area (Å²) in [5.74, 6) is 0.425. The molecule has 1 unspecified atom stereocenters. The molecule has 2 rings (SSSR count). The summed E-state index contributed by atoms with van der Waals surface area (Å²) in [6.45, 7) is 1.87. The van der Waals surface area contributed by atoms with Gasteiger partial charge in [-0.15, -0.1) is 0 Å². The molecule has 0 radical (unpaired) electrons. The number of aryl methyl sites for hydroxylation is 1.